The number of halogens is 1. The van der Waals surface area contributed by atoms with Gasteiger partial charge in [-0.05, 0) is 74.5 Å². The molecule has 7 nitrogen and oxygen atoms in total. The molecule has 172 valence electrons. The average Bonchev–Trinajstić information content (AvgIpc) is 3.04. The Balaban J connectivity index is 1.43. The summed E-state index contributed by atoms with van der Waals surface area (Å²) in [6.07, 6.45) is 0. The zero-order valence-electron chi connectivity index (χ0n) is 18.6. The van der Waals surface area contributed by atoms with Crippen molar-refractivity contribution in [2.75, 3.05) is 22.1 Å². The molecule has 3 aromatic rings. The zero-order valence-corrected chi connectivity index (χ0v) is 19.3. The van der Waals surface area contributed by atoms with E-state index >= 15 is 0 Å². The van der Waals surface area contributed by atoms with E-state index in [4.69, 9.17) is 16.3 Å². The maximum Gasteiger partial charge on any atom is 0.283 e. The van der Waals surface area contributed by atoms with Crippen LogP contribution in [0.25, 0.3) is 0 Å². The average molecular weight is 476 g/mol. The first-order valence-corrected chi connectivity index (χ1v) is 11.0. The van der Waals surface area contributed by atoms with E-state index in [0.717, 1.165) is 16.2 Å². The summed E-state index contributed by atoms with van der Waals surface area (Å²) in [5, 5.41) is 5.53. The lowest BCUT2D eigenvalue weighted by Crippen LogP contribution is -2.32. The van der Waals surface area contributed by atoms with Crippen molar-refractivity contribution in [2.45, 2.75) is 13.8 Å². The van der Waals surface area contributed by atoms with Crippen molar-refractivity contribution in [3.8, 4) is 5.75 Å². The van der Waals surface area contributed by atoms with Gasteiger partial charge in [-0.3, -0.25) is 14.4 Å². The number of rotatable bonds is 7. The molecule has 3 amide bonds. The fraction of sp³-hybridized carbons (Fsp3) is 0.115. The van der Waals surface area contributed by atoms with Gasteiger partial charge >= 0.3 is 0 Å². The summed E-state index contributed by atoms with van der Waals surface area (Å²) in [6, 6.07) is 20.6. The highest BCUT2D eigenvalue weighted by Crippen LogP contribution is 2.30. The van der Waals surface area contributed by atoms with Gasteiger partial charge in [0.1, 0.15) is 16.5 Å². The summed E-state index contributed by atoms with van der Waals surface area (Å²) in [6.45, 7) is 4.38. The van der Waals surface area contributed by atoms with Crippen molar-refractivity contribution < 1.29 is 19.1 Å². The monoisotopic (exact) mass is 475 g/mol. The maximum atomic E-state index is 12.9. The Morgan fingerprint density at radius 1 is 0.882 bits per heavy atom. The lowest BCUT2D eigenvalue weighted by Gasteiger charge is -2.15. The van der Waals surface area contributed by atoms with Crippen LogP contribution < -0.4 is 20.3 Å². The molecule has 0 saturated heterocycles. The Bertz CT molecular complexity index is 1270. The predicted octanol–water partition coefficient (Wildman–Crippen LogP) is 5.08. The van der Waals surface area contributed by atoms with Gasteiger partial charge in [0.15, 0.2) is 0 Å². The molecule has 0 spiro atoms. The number of hydrogen-bond donors (Lipinski definition) is 2. The van der Waals surface area contributed by atoms with Gasteiger partial charge in [-0.15, -0.1) is 0 Å². The Hall–Kier alpha value is -4.10. The molecule has 0 unspecified atom stereocenters. The molecule has 0 bridgehead atoms. The van der Waals surface area contributed by atoms with Gasteiger partial charge in [0.05, 0.1) is 12.3 Å². The first kappa shape index (κ1) is 23.1. The molecule has 0 atom stereocenters. The number of amides is 3. The van der Waals surface area contributed by atoms with E-state index in [1.54, 1.807) is 60.7 Å². The summed E-state index contributed by atoms with van der Waals surface area (Å²) in [5.41, 5.74) is 3.01. The Morgan fingerprint density at radius 3 is 2.12 bits per heavy atom. The van der Waals surface area contributed by atoms with Gasteiger partial charge in [-0.1, -0.05) is 29.3 Å². The second-order valence-corrected chi connectivity index (χ2v) is 7.96. The Labute approximate surface area is 202 Å². The molecule has 1 aliphatic heterocycles. The highest BCUT2D eigenvalue weighted by molar-refractivity contribution is 6.53. The summed E-state index contributed by atoms with van der Waals surface area (Å²) in [5.74, 6) is -0.698. The number of nitrogens with one attached hydrogen (secondary N) is 2. The first-order valence-electron chi connectivity index (χ1n) is 10.6. The number of benzene rings is 3. The van der Waals surface area contributed by atoms with Crippen LogP contribution in [0.5, 0.6) is 5.75 Å². The zero-order chi connectivity index (χ0) is 24.2. The molecule has 1 heterocycles. The van der Waals surface area contributed by atoms with Gasteiger partial charge < -0.3 is 15.4 Å². The smallest absolute Gasteiger partial charge is 0.283 e. The number of carbonyl (C=O) groups excluding carboxylic acids is 3. The van der Waals surface area contributed by atoms with Gasteiger partial charge in [0.2, 0.25) is 0 Å². The second kappa shape index (κ2) is 9.80. The summed E-state index contributed by atoms with van der Waals surface area (Å²) < 4.78 is 5.40. The topological polar surface area (TPSA) is 87.7 Å². The van der Waals surface area contributed by atoms with E-state index in [1.165, 1.54) is 0 Å². The molecule has 0 aliphatic carbocycles. The molecule has 0 radical (unpaired) electrons. The summed E-state index contributed by atoms with van der Waals surface area (Å²) in [7, 11) is 0. The van der Waals surface area contributed by atoms with Gasteiger partial charge in [-0.2, -0.15) is 0 Å². The fourth-order valence-corrected chi connectivity index (χ4v) is 3.61. The first-order chi connectivity index (χ1) is 16.4. The number of aryl methyl sites for hydroxylation is 1. The third-order valence-corrected chi connectivity index (χ3v) is 5.51. The molecule has 34 heavy (non-hydrogen) atoms. The van der Waals surface area contributed by atoms with Crippen LogP contribution in [-0.4, -0.2) is 24.3 Å². The van der Waals surface area contributed by atoms with Gasteiger partial charge in [0.25, 0.3) is 17.7 Å². The van der Waals surface area contributed by atoms with Crippen LogP contribution in [0.4, 0.5) is 17.1 Å². The van der Waals surface area contributed by atoms with E-state index in [2.05, 4.69) is 10.6 Å². The number of nitrogens with zero attached hydrogens (tertiary/aromatic N) is 1. The van der Waals surface area contributed by atoms with Crippen molar-refractivity contribution in [2.24, 2.45) is 0 Å². The van der Waals surface area contributed by atoms with Crippen LogP contribution >= 0.6 is 11.6 Å². The molecule has 0 aromatic heterocycles. The second-order valence-electron chi connectivity index (χ2n) is 7.58. The minimum atomic E-state index is -0.593. The van der Waals surface area contributed by atoms with E-state index < -0.39 is 11.8 Å². The third kappa shape index (κ3) is 4.79. The van der Waals surface area contributed by atoms with E-state index in [1.807, 2.05) is 26.0 Å². The normalized spacial score (nSPS) is 13.3. The Morgan fingerprint density at radius 2 is 1.50 bits per heavy atom. The largest absolute Gasteiger partial charge is 0.494 e. The number of anilines is 3. The van der Waals surface area contributed by atoms with Crippen molar-refractivity contribution in [1.29, 1.82) is 0 Å². The number of carbonyl (C=O) groups is 3. The third-order valence-electron chi connectivity index (χ3n) is 5.16. The molecule has 1 aliphatic rings. The number of ether oxygens (including phenoxy) is 1. The van der Waals surface area contributed by atoms with Crippen LogP contribution in [-0.2, 0) is 9.59 Å². The van der Waals surface area contributed by atoms with E-state index in [-0.39, 0.29) is 16.6 Å². The quantitative estimate of drug-likeness (QED) is 0.465. The fourth-order valence-electron chi connectivity index (χ4n) is 3.39. The van der Waals surface area contributed by atoms with Crippen LogP contribution in [0.1, 0.15) is 22.8 Å². The minimum absolute atomic E-state index is 0.0150. The number of imide groups is 1. The molecule has 0 fully saturated rings. The summed E-state index contributed by atoms with van der Waals surface area (Å²) >= 11 is 6.18. The van der Waals surface area contributed by atoms with E-state index in [0.29, 0.717) is 29.2 Å². The molecule has 0 saturated carbocycles. The van der Waals surface area contributed by atoms with Crippen molar-refractivity contribution in [1.82, 2.24) is 0 Å². The molecule has 4 rings (SSSR count). The van der Waals surface area contributed by atoms with E-state index in [9.17, 15) is 14.4 Å². The maximum absolute atomic E-state index is 12.9. The molecule has 2 N–H and O–H groups in total. The SMILES string of the molecule is CCOc1ccc(NC(=O)c2ccc(NC3=C(Cl)C(=O)N(c4ccc(C)cc4)C3=O)cc2)cc1. The highest BCUT2D eigenvalue weighted by atomic mass is 35.5. The van der Waals surface area contributed by atoms with Crippen LogP contribution in [0, 0.1) is 6.92 Å². The van der Waals surface area contributed by atoms with Crippen molar-refractivity contribution in [3.63, 3.8) is 0 Å². The number of hydrogen-bond acceptors (Lipinski definition) is 5. The minimum Gasteiger partial charge on any atom is -0.494 e. The molecular weight excluding hydrogens is 454 g/mol. The molecule has 3 aromatic carbocycles. The standard InChI is InChI=1S/C26H22ClN3O4/c1-3-34-21-14-10-19(11-15-21)29-24(31)17-6-8-18(9-7-17)28-23-22(27)25(32)30(26(23)33)20-12-4-16(2)5-13-20/h4-15,28H,3H2,1-2H3,(H,29,31). The van der Waals surface area contributed by atoms with Gasteiger partial charge in [-0.25, -0.2) is 4.90 Å². The van der Waals surface area contributed by atoms with Crippen molar-refractivity contribution >= 4 is 46.4 Å². The predicted molar refractivity (Wildman–Crippen MR) is 132 cm³/mol. The highest BCUT2D eigenvalue weighted by Gasteiger charge is 2.38. The molecular formula is C26H22ClN3O4. The lowest BCUT2D eigenvalue weighted by molar-refractivity contribution is -0.120. The van der Waals surface area contributed by atoms with Crippen LogP contribution in [0.3, 0.4) is 0 Å². The Kier molecular flexibility index (Phi) is 6.65. The van der Waals surface area contributed by atoms with Crippen LogP contribution in [0.2, 0.25) is 0 Å². The summed E-state index contributed by atoms with van der Waals surface area (Å²) in [4.78, 5) is 39.1. The van der Waals surface area contributed by atoms with Crippen molar-refractivity contribution in [3.05, 3.63) is 94.7 Å². The van der Waals surface area contributed by atoms with Crippen LogP contribution in [0.15, 0.2) is 83.5 Å². The van der Waals surface area contributed by atoms with Gasteiger partial charge in [0, 0.05) is 16.9 Å². The molecule has 8 heteroatoms. The lowest BCUT2D eigenvalue weighted by atomic mass is 10.2.